The number of carbonyl (C=O) groups is 1. The molecule has 156 valence electrons. The van der Waals surface area contributed by atoms with E-state index in [0.717, 1.165) is 30.7 Å². The summed E-state index contributed by atoms with van der Waals surface area (Å²) in [7, 11) is 1.67. The van der Waals surface area contributed by atoms with Gasteiger partial charge in [-0.05, 0) is 42.5 Å². The van der Waals surface area contributed by atoms with Crippen molar-refractivity contribution in [2.45, 2.75) is 37.0 Å². The Morgan fingerprint density at radius 1 is 1.23 bits per heavy atom. The standard InChI is InChI=1S/C22H25N5O2S/c1-29-14-13-27-21(17-9-11-23-12-10-17)25-26-22(27)30-15-20(28)24-19-8-4-6-16-5-2-3-7-18(16)19/h2-3,5,7,9-12,19H,4,6,8,13-15H2,1H3,(H,24,28)/t19-/m0/s1. The lowest BCUT2D eigenvalue weighted by Crippen LogP contribution is -2.32. The average molecular weight is 424 g/mol. The molecule has 0 saturated heterocycles. The number of hydrogen-bond donors (Lipinski definition) is 1. The third-order valence-corrected chi connectivity index (χ3v) is 6.18. The van der Waals surface area contributed by atoms with Crippen LogP contribution in [0, 0.1) is 0 Å². The fourth-order valence-electron chi connectivity index (χ4n) is 3.76. The lowest BCUT2D eigenvalue weighted by molar-refractivity contribution is -0.119. The Hall–Kier alpha value is -2.71. The number of fused-ring (bicyclic) bond motifs is 1. The van der Waals surface area contributed by atoms with E-state index in [4.69, 9.17) is 4.74 Å². The van der Waals surface area contributed by atoms with Gasteiger partial charge in [0, 0.05) is 25.1 Å². The molecule has 3 aromatic rings. The number of benzene rings is 1. The summed E-state index contributed by atoms with van der Waals surface area (Å²) in [5, 5.41) is 12.6. The molecule has 2 heterocycles. The predicted octanol–water partition coefficient (Wildman–Crippen LogP) is 3.27. The normalized spacial score (nSPS) is 15.6. The minimum absolute atomic E-state index is 0.00783. The fraction of sp³-hybridized carbons (Fsp3) is 0.364. The molecule has 1 amide bonds. The number of rotatable bonds is 8. The van der Waals surface area contributed by atoms with Gasteiger partial charge in [0.15, 0.2) is 11.0 Å². The zero-order chi connectivity index (χ0) is 20.8. The third kappa shape index (κ3) is 4.71. The molecule has 1 aromatic carbocycles. The molecule has 4 rings (SSSR count). The first-order chi connectivity index (χ1) is 14.8. The van der Waals surface area contributed by atoms with E-state index in [9.17, 15) is 4.79 Å². The Bertz CT molecular complexity index is 992. The van der Waals surface area contributed by atoms with Crippen molar-refractivity contribution in [3.05, 3.63) is 59.9 Å². The van der Waals surface area contributed by atoms with Gasteiger partial charge in [-0.1, -0.05) is 36.0 Å². The summed E-state index contributed by atoms with van der Waals surface area (Å²) >= 11 is 1.40. The monoisotopic (exact) mass is 423 g/mol. The van der Waals surface area contributed by atoms with Crippen molar-refractivity contribution < 1.29 is 9.53 Å². The van der Waals surface area contributed by atoms with Gasteiger partial charge >= 0.3 is 0 Å². The van der Waals surface area contributed by atoms with Crippen molar-refractivity contribution in [3.63, 3.8) is 0 Å². The molecular formula is C22H25N5O2S. The van der Waals surface area contributed by atoms with Crippen LogP contribution in [0.15, 0.2) is 53.9 Å². The van der Waals surface area contributed by atoms with Crippen molar-refractivity contribution in [1.82, 2.24) is 25.1 Å². The Kier molecular flexibility index (Phi) is 6.76. The molecular weight excluding hydrogens is 398 g/mol. The highest BCUT2D eigenvalue weighted by molar-refractivity contribution is 7.99. The molecule has 0 fully saturated rings. The van der Waals surface area contributed by atoms with E-state index in [-0.39, 0.29) is 11.9 Å². The largest absolute Gasteiger partial charge is 0.383 e. The van der Waals surface area contributed by atoms with Gasteiger partial charge < -0.3 is 10.1 Å². The van der Waals surface area contributed by atoms with Gasteiger partial charge in [-0.3, -0.25) is 14.3 Å². The minimum Gasteiger partial charge on any atom is -0.383 e. The van der Waals surface area contributed by atoms with E-state index in [2.05, 4.69) is 38.7 Å². The molecule has 7 nitrogen and oxygen atoms in total. The number of pyridine rings is 1. The second-order valence-electron chi connectivity index (χ2n) is 7.19. The summed E-state index contributed by atoms with van der Waals surface area (Å²) in [6, 6.07) is 12.3. The number of nitrogens with one attached hydrogen (secondary N) is 1. The number of methoxy groups -OCH3 is 1. The van der Waals surface area contributed by atoms with Gasteiger partial charge in [-0.15, -0.1) is 10.2 Å². The number of aromatic nitrogens is 4. The van der Waals surface area contributed by atoms with Crippen LogP contribution in [0.3, 0.4) is 0 Å². The Morgan fingerprint density at radius 2 is 2.07 bits per heavy atom. The zero-order valence-corrected chi connectivity index (χ0v) is 17.8. The maximum Gasteiger partial charge on any atom is 0.230 e. The van der Waals surface area contributed by atoms with E-state index >= 15 is 0 Å². The van der Waals surface area contributed by atoms with Gasteiger partial charge in [0.1, 0.15) is 0 Å². The van der Waals surface area contributed by atoms with Crippen molar-refractivity contribution in [2.75, 3.05) is 19.5 Å². The van der Waals surface area contributed by atoms with Crippen LogP contribution >= 0.6 is 11.8 Å². The molecule has 0 bridgehead atoms. The second kappa shape index (κ2) is 9.86. The number of amides is 1. The summed E-state index contributed by atoms with van der Waals surface area (Å²) in [6.45, 7) is 1.15. The SMILES string of the molecule is COCCn1c(SCC(=O)N[C@H]2CCCc3ccccc32)nnc1-c1ccncc1. The van der Waals surface area contributed by atoms with E-state index in [0.29, 0.717) is 24.1 Å². The molecule has 1 aliphatic rings. The number of ether oxygens (including phenoxy) is 1. The first kappa shape index (κ1) is 20.6. The van der Waals surface area contributed by atoms with Gasteiger partial charge in [0.2, 0.25) is 5.91 Å². The minimum atomic E-state index is 0.00783. The van der Waals surface area contributed by atoms with Crippen LogP contribution < -0.4 is 5.32 Å². The Balaban J connectivity index is 1.43. The Morgan fingerprint density at radius 3 is 2.90 bits per heavy atom. The predicted molar refractivity (Wildman–Crippen MR) is 116 cm³/mol. The van der Waals surface area contributed by atoms with Crippen LogP contribution in [0.2, 0.25) is 0 Å². The molecule has 0 spiro atoms. The molecule has 1 aliphatic carbocycles. The molecule has 2 aromatic heterocycles. The van der Waals surface area contributed by atoms with Gasteiger partial charge in [-0.2, -0.15) is 0 Å². The fourth-order valence-corrected chi connectivity index (χ4v) is 4.54. The molecule has 0 saturated carbocycles. The molecule has 1 N–H and O–H groups in total. The maximum absolute atomic E-state index is 12.7. The van der Waals surface area contributed by atoms with Crippen LogP contribution in [-0.2, 0) is 22.5 Å². The first-order valence-corrected chi connectivity index (χ1v) is 11.1. The maximum atomic E-state index is 12.7. The quantitative estimate of drug-likeness (QED) is 0.560. The summed E-state index contributed by atoms with van der Waals surface area (Å²) in [5.74, 6) is 1.05. The molecule has 1 atom stereocenters. The van der Waals surface area contributed by atoms with Crippen molar-refractivity contribution in [2.24, 2.45) is 0 Å². The van der Waals surface area contributed by atoms with E-state index in [1.54, 1.807) is 19.5 Å². The van der Waals surface area contributed by atoms with Gasteiger partial charge in [0.05, 0.1) is 24.9 Å². The summed E-state index contributed by atoms with van der Waals surface area (Å²) < 4.78 is 7.24. The van der Waals surface area contributed by atoms with E-state index in [1.807, 2.05) is 22.8 Å². The molecule has 0 aliphatic heterocycles. The first-order valence-electron chi connectivity index (χ1n) is 10.1. The van der Waals surface area contributed by atoms with Crippen molar-refractivity contribution in [1.29, 1.82) is 0 Å². The molecule has 30 heavy (non-hydrogen) atoms. The average Bonchev–Trinajstić information content (AvgIpc) is 3.20. The van der Waals surface area contributed by atoms with Gasteiger partial charge in [-0.25, -0.2) is 0 Å². The number of thioether (sulfide) groups is 1. The molecule has 0 unspecified atom stereocenters. The topological polar surface area (TPSA) is 81.9 Å². The smallest absolute Gasteiger partial charge is 0.230 e. The lowest BCUT2D eigenvalue weighted by Gasteiger charge is -2.26. The van der Waals surface area contributed by atoms with Crippen LogP contribution in [0.5, 0.6) is 0 Å². The highest BCUT2D eigenvalue weighted by Gasteiger charge is 2.22. The van der Waals surface area contributed by atoms with E-state index in [1.165, 1.54) is 22.9 Å². The van der Waals surface area contributed by atoms with Crippen LogP contribution in [0.25, 0.3) is 11.4 Å². The summed E-state index contributed by atoms with van der Waals surface area (Å²) in [6.07, 6.45) is 6.61. The van der Waals surface area contributed by atoms with Crippen LogP contribution in [-0.4, -0.2) is 45.1 Å². The second-order valence-corrected chi connectivity index (χ2v) is 8.13. The van der Waals surface area contributed by atoms with Crippen molar-refractivity contribution >= 4 is 17.7 Å². The third-order valence-electron chi connectivity index (χ3n) is 5.21. The van der Waals surface area contributed by atoms with Crippen molar-refractivity contribution in [3.8, 4) is 11.4 Å². The highest BCUT2D eigenvalue weighted by atomic mass is 32.2. The number of carbonyl (C=O) groups excluding carboxylic acids is 1. The van der Waals surface area contributed by atoms with E-state index < -0.39 is 0 Å². The van der Waals surface area contributed by atoms with Crippen LogP contribution in [0.4, 0.5) is 0 Å². The lowest BCUT2D eigenvalue weighted by atomic mass is 9.88. The number of nitrogens with zero attached hydrogens (tertiary/aromatic N) is 4. The summed E-state index contributed by atoms with van der Waals surface area (Å²) in [5.41, 5.74) is 3.51. The number of aryl methyl sites for hydroxylation is 1. The molecule has 0 radical (unpaired) electrons. The highest BCUT2D eigenvalue weighted by Crippen LogP contribution is 2.30. The van der Waals surface area contributed by atoms with Gasteiger partial charge in [0.25, 0.3) is 0 Å². The summed E-state index contributed by atoms with van der Waals surface area (Å²) in [4.78, 5) is 16.7. The number of hydrogen-bond acceptors (Lipinski definition) is 6. The molecule has 8 heteroatoms. The Labute approximate surface area is 180 Å². The zero-order valence-electron chi connectivity index (χ0n) is 17.0. The van der Waals surface area contributed by atoms with Crippen LogP contribution in [0.1, 0.15) is 30.0 Å².